The molecule has 1 aliphatic heterocycles. The third kappa shape index (κ3) is 4.49. The first kappa shape index (κ1) is 17.6. The lowest BCUT2D eigenvalue weighted by molar-refractivity contribution is -0.117. The molecule has 0 aromatic heterocycles. The molecule has 2 rings (SSSR count). The number of benzene rings is 1. The van der Waals surface area contributed by atoms with Gasteiger partial charge in [-0.15, -0.1) is 12.4 Å². The molecule has 1 heterocycles. The van der Waals surface area contributed by atoms with Crippen LogP contribution < -0.4 is 20.1 Å². The number of rotatable bonds is 5. The first-order chi connectivity index (χ1) is 9.63. The molecule has 1 saturated heterocycles. The average Bonchev–Trinajstić information content (AvgIpc) is 2.86. The van der Waals surface area contributed by atoms with Crippen LogP contribution in [0.25, 0.3) is 0 Å². The third-order valence-corrected chi connectivity index (χ3v) is 3.16. The predicted molar refractivity (Wildman–Crippen MR) is 82.5 cm³/mol. The lowest BCUT2D eigenvalue weighted by Gasteiger charge is -2.14. The minimum absolute atomic E-state index is 0. The molecule has 0 aliphatic carbocycles. The van der Waals surface area contributed by atoms with Crippen molar-refractivity contribution in [3.8, 4) is 11.5 Å². The maximum Gasteiger partial charge on any atom is 0.241 e. The van der Waals surface area contributed by atoms with Gasteiger partial charge in [-0.05, 0) is 25.5 Å². The highest BCUT2D eigenvalue weighted by Gasteiger charge is 2.28. The zero-order valence-corrected chi connectivity index (χ0v) is 12.9. The quantitative estimate of drug-likeness (QED) is 0.760. The Morgan fingerprint density at radius 3 is 2.81 bits per heavy atom. The van der Waals surface area contributed by atoms with E-state index in [1.807, 2.05) is 6.92 Å². The fraction of sp³-hybridized carbons (Fsp3) is 0.500. The number of halogens is 1. The van der Waals surface area contributed by atoms with E-state index in [0.29, 0.717) is 36.8 Å². The van der Waals surface area contributed by atoms with E-state index in [1.165, 1.54) is 0 Å². The van der Waals surface area contributed by atoms with Gasteiger partial charge < -0.3 is 25.2 Å². The predicted octanol–water partition coefficient (Wildman–Crippen LogP) is 1.18. The number of aliphatic hydroxyl groups excluding tert-OH is 1. The Kier molecular flexibility index (Phi) is 6.74. The normalized spacial score (nSPS) is 20.5. The lowest BCUT2D eigenvalue weighted by Crippen LogP contribution is -2.35. The van der Waals surface area contributed by atoms with Crippen LogP contribution in [-0.4, -0.2) is 43.4 Å². The van der Waals surface area contributed by atoms with Gasteiger partial charge in [-0.1, -0.05) is 0 Å². The van der Waals surface area contributed by atoms with Crippen LogP contribution in [0.2, 0.25) is 0 Å². The Hall–Kier alpha value is -1.50. The molecule has 0 radical (unpaired) electrons. The Balaban J connectivity index is 0.00000220. The lowest BCUT2D eigenvalue weighted by atomic mass is 10.2. The smallest absolute Gasteiger partial charge is 0.241 e. The summed E-state index contributed by atoms with van der Waals surface area (Å²) in [6.07, 6.45) is -0.0269. The van der Waals surface area contributed by atoms with Gasteiger partial charge in [-0.3, -0.25) is 4.79 Å². The molecule has 1 aromatic rings. The number of carbonyl (C=O) groups is 1. The van der Waals surface area contributed by atoms with Gasteiger partial charge in [0.1, 0.15) is 0 Å². The zero-order valence-electron chi connectivity index (χ0n) is 12.1. The Labute approximate surface area is 130 Å². The van der Waals surface area contributed by atoms with Crippen molar-refractivity contribution >= 4 is 24.0 Å². The zero-order chi connectivity index (χ0) is 14.5. The molecule has 1 aliphatic rings. The molecule has 1 aromatic carbocycles. The van der Waals surface area contributed by atoms with E-state index in [1.54, 1.807) is 25.3 Å². The van der Waals surface area contributed by atoms with Crippen LogP contribution in [0, 0.1) is 0 Å². The second-order valence-corrected chi connectivity index (χ2v) is 4.64. The summed E-state index contributed by atoms with van der Waals surface area (Å²) in [6.45, 7) is 2.85. The van der Waals surface area contributed by atoms with Gasteiger partial charge >= 0.3 is 0 Å². The molecule has 118 valence electrons. The number of β-amino-alcohol motifs (C(OH)–C–C–N with tert-alkyl or cyclic N) is 1. The van der Waals surface area contributed by atoms with Crippen LogP contribution in [0.1, 0.15) is 13.3 Å². The molecular formula is C14H21ClN2O4. The number of nitrogens with one attached hydrogen (secondary N) is 2. The van der Waals surface area contributed by atoms with Gasteiger partial charge in [0.25, 0.3) is 0 Å². The van der Waals surface area contributed by atoms with Crippen molar-refractivity contribution in [3.63, 3.8) is 0 Å². The van der Waals surface area contributed by atoms with Crippen molar-refractivity contribution in [2.75, 3.05) is 25.6 Å². The summed E-state index contributed by atoms with van der Waals surface area (Å²) in [6, 6.07) is 4.87. The molecule has 0 bridgehead atoms. The number of aliphatic hydroxyl groups is 1. The standard InChI is InChI=1S/C14H20N2O4.ClH/c1-3-20-13-6-9(4-5-12(13)19-2)16-14(18)11-7-10(17)8-15-11;/h4-6,10-11,15,17H,3,7-8H2,1-2H3,(H,16,18);1H. The Morgan fingerprint density at radius 1 is 1.48 bits per heavy atom. The van der Waals surface area contributed by atoms with Gasteiger partial charge in [-0.2, -0.15) is 0 Å². The average molecular weight is 317 g/mol. The van der Waals surface area contributed by atoms with E-state index in [-0.39, 0.29) is 24.4 Å². The van der Waals surface area contributed by atoms with Gasteiger partial charge in [-0.25, -0.2) is 0 Å². The van der Waals surface area contributed by atoms with Crippen LogP contribution >= 0.6 is 12.4 Å². The molecule has 0 spiro atoms. The van der Waals surface area contributed by atoms with Gasteiger partial charge in [0, 0.05) is 18.3 Å². The number of hydrogen-bond acceptors (Lipinski definition) is 5. The first-order valence-electron chi connectivity index (χ1n) is 6.67. The Bertz CT molecular complexity index is 484. The van der Waals surface area contributed by atoms with Crippen LogP contribution in [-0.2, 0) is 4.79 Å². The molecule has 2 unspecified atom stereocenters. The highest BCUT2D eigenvalue weighted by atomic mass is 35.5. The van der Waals surface area contributed by atoms with E-state index in [2.05, 4.69) is 10.6 Å². The molecule has 7 heteroatoms. The molecule has 1 fully saturated rings. The maximum atomic E-state index is 12.0. The summed E-state index contributed by atoms with van der Waals surface area (Å²) in [7, 11) is 1.57. The summed E-state index contributed by atoms with van der Waals surface area (Å²) in [5.41, 5.74) is 0.641. The van der Waals surface area contributed by atoms with Crippen molar-refractivity contribution in [1.82, 2.24) is 5.32 Å². The van der Waals surface area contributed by atoms with Crippen molar-refractivity contribution in [3.05, 3.63) is 18.2 Å². The van der Waals surface area contributed by atoms with Crippen molar-refractivity contribution in [2.24, 2.45) is 0 Å². The first-order valence-corrected chi connectivity index (χ1v) is 6.67. The highest BCUT2D eigenvalue weighted by Crippen LogP contribution is 2.30. The van der Waals surface area contributed by atoms with Crippen molar-refractivity contribution in [2.45, 2.75) is 25.5 Å². The Morgan fingerprint density at radius 2 is 2.24 bits per heavy atom. The van der Waals surface area contributed by atoms with Crippen molar-refractivity contribution < 1.29 is 19.4 Å². The number of hydrogen-bond donors (Lipinski definition) is 3. The minimum atomic E-state index is -0.458. The van der Waals surface area contributed by atoms with E-state index in [0.717, 1.165) is 0 Å². The summed E-state index contributed by atoms with van der Waals surface area (Å²) < 4.78 is 10.6. The van der Waals surface area contributed by atoms with E-state index in [9.17, 15) is 9.90 Å². The molecule has 0 saturated carbocycles. The summed E-state index contributed by atoms with van der Waals surface area (Å²) in [4.78, 5) is 12.0. The molecule has 6 nitrogen and oxygen atoms in total. The number of ether oxygens (including phenoxy) is 2. The second kappa shape index (κ2) is 8.07. The van der Waals surface area contributed by atoms with Crippen LogP contribution in [0.4, 0.5) is 5.69 Å². The fourth-order valence-electron chi connectivity index (χ4n) is 2.17. The highest BCUT2D eigenvalue weighted by molar-refractivity contribution is 5.95. The monoisotopic (exact) mass is 316 g/mol. The minimum Gasteiger partial charge on any atom is -0.493 e. The SMILES string of the molecule is CCOc1cc(NC(=O)C2CC(O)CN2)ccc1OC.Cl. The summed E-state index contributed by atoms with van der Waals surface area (Å²) in [5, 5.41) is 15.2. The van der Waals surface area contributed by atoms with Gasteiger partial charge in [0.15, 0.2) is 11.5 Å². The molecule has 3 N–H and O–H groups in total. The topological polar surface area (TPSA) is 79.8 Å². The van der Waals surface area contributed by atoms with Crippen LogP contribution in [0.15, 0.2) is 18.2 Å². The second-order valence-electron chi connectivity index (χ2n) is 4.64. The maximum absolute atomic E-state index is 12.0. The van der Waals surface area contributed by atoms with Crippen LogP contribution in [0.5, 0.6) is 11.5 Å². The summed E-state index contributed by atoms with van der Waals surface area (Å²) in [5.74, 6) is 1.06. The third-order valence-electron chi connectivity index (χ3n) is 3.16. The largest absolute Gasteiger partial charge is 0.493 e. The number of carbonyl (C=O) groups excluding carboxylic acids is 1. The molecular weight excluding hydrogens is 296 g/mol. The van der Waals surface area contributed by atoms with E-state index in [4.69, 9.17) is 9.47 Å². The summed E-state index contributed by atoms with van der Waals surface area (Å²) >= 11 is 0. The van der Waals surface area contributed by atoms with Gasteiger partial charge in [0.2, 0.25) is 5.91 Å². The van der Waals surface area contributed by atoms with E-state index >= 15 is 0 Å². The number of methoxy groups -OCH3 is 1. The fourth-order valence-corrected chi connectivity index (χ4v) is 2.17. The van der Waals surface area contributed by atoms with E-state index < -0.39 is 6.10 Å². The van der Waals surface area contributed by atoms with Crippen molar-refractivity contribution in [1.29, 1.82) is 0 Å². The van der Waals surface area contributed by atoms with Crippen LogP contribution in [0.3, 0.4) is 0 Å². The molecule has 21 heavy (non-hydrogen) atoms. The van der Waals surface area contributed by atoms with Gasteiger partial charge in [0.05, 0.1) is 25.9 Å². The number of amides is 1. The molecule has 2 atom stereocenters. The molecule has 1 amide bonds. The number of anilines is 1.